The van der Waals surface area contributed by atoms with E-state index in [1.807, 2.05) is 0 Å². The molecule has 3 aliphatic rings. The lowest BCUT2D eigenvalue weighted by atomic mass is 9.80. The number of rotatable bonds is 0. The highest BCUT2D eigenvalue weighted by Gasteiger charge is 2.41. The molecule has 13 heavy (non-hydrogen) atoms. The molecule has 0 unspecified atom stereocenters. The van der Waals surface area contributed by atoms with Crippen LogP contribution in [-0.4, -0.2) is 49.1 Å². The Hall–Kier alpha value is -0.0800. The summed E-state index contributed by atoms with van der Waals surface area (Å²) in [5, 5.41) is 0. The maximum atomic E-state index is 2.77. The van der Waals surface area contributed by atoms with Crippen LogP contribution in [-0.2, 0) is 0 Å². The second-order valence-electron chi connectivity index (χ2n) is 5.29. The Balaban J connectivity index is 1.79. The molecule has 3 saturated heterocycles. The average Bonchev–Trinajstić information content (AvgIpc) is 2.50. The van der Waals surface area contributed by atoms with Gasteiger partial charge in [-0.05, 0) is 44.7 Å². The Bertz CT molecular complexity index is 202. The van der Waals surface area contributed by atoms with Gasteiger partial charge in [-0.15, -0.1) is 0 Å². The van der Waals surface area contributed by atoms with Gasteiger partial charge in [0, 0.05) is 25.7 Å². The molecule has 0 N–H and O–H groups in total. The number of hydrogen-bond acceptors (Lipinski definition) is 2. The molecule has 0 spiro atoms. The lowest BCUT2D eigenvalue weighted by Crippen LogP contribution is -2.54. The van der Waals surface area contributed by atoms with Crippen molar-refractivity contribution in [2.45, 2.75) is 25.3 Å². The van der Waals surface area contributed by atoms with E-state index < -0.39 is 0 Å². The van der Waals surface area contributed by atoms with E-state index >= 15 is 0 Å². The molecule has 2 heteroatoms. The highest BCUT2D eigenvalue weighted by molar-refractivity contribution is 4.96. The topological polar surface area (TPSA) is 6.48 Å². The summed E-state index contributed by atoms with van der Waals surface area (Å²) in [6.07, 6.45) is 4.45. The van der Waals surface area contributed by atoms with Gasteiger partial charge in [-0.1, -0.05) is 0 Å². The van der Waals surface area contributed by atoms with E-state index in [0.717, 1.165) is 17.9 Å². The fourth-order valence-corrected chi connectivity index (χ4v) is 3.85. The lowest BCUT2D eigenvalue weighted by Gasteiger charge is -2.47. The lowest BCUT2D eigenvalue weighted by molar-refractivity contribution is 0.0162. The Morgan fingerprint density at radius 3 is 3.00 bits per heavy atom. The van der Waals surface area contributed by atoms with Gasteiger partial charge in [0.25, 0.3) is 0 Å². The van der Waals surface area contributed by atoms with Crippen LogP contribution in [0.1, 0.15) is 19.3 Å². The molecule has 3 fully saturated rings. The molecule has 0 aliphatic carbocycles. The fourth-order valence-electron chi connectivity index (χ4n) is 3.85. The number of nitrogens with zero attached hydrogens (tertiary/aromatic N) is 2. The molecular weight excluding hydrogens is 160 g/mol. The zero-order valence-corrected chi connectivity index (χ0v) is 8.58. The van der Waals surface area contributed by atoms with Crippen LogP contribution in [0.5, 0.6) is 0 Å². The largest absolute Gasteiger partial charge is 0.306 e. The Morgan fingerprint density at radius 2 is 2.08 bits per heavy atom. The second-order valence-corrected chi connectivity index (χ2v) is 5.29. The van der Waals surface area contributed by atoms with E-state index in [1.165, 1.54) is 45.4 Å². The summed E-state index contributed by atoms with van der Waals surface area (Å²) in [5.41, 5.74) is 0. The molecule has 0 radical (unpaired) electrons. The maximum Gasteiger partial charge on any atom is 0.0136 e. The normalized spacial score (nSPS) is 46.4. The average molecular weight is 180 g/mol. The third kappa shape index (κ3) is 1.31. The van der Waals surface area contributed by atoms with Gasteiger partial charge >= 0.3 is 0 Å². The number of likely N-dealkylation sites (tertiary alicyclic amines) is 1. The molecule has 0 aromatic carbocycles. The van der Waals surface area contributed by atoms with Gasteiger partial charge in [-0.25, -0.2) is 0 Å². The zero-order chi connectivity index (χ0) is 8.84. The van der Waals surface area contributed by atoms with Crippen LogP contribution in [0.2, 0.25) is 0 Å². The summed E-state index contributed by atoms with van der Waals surface area (Å²) in [4.78, 5) is 5.32. The molecule has 3 heterocycles. The van der Waals surface area contributed by atoms with E-state index in [-0.39, 0.29) is 0 Å². The van der Waals surface area contributed by atoms with Gasteiger partial charge in [0.2, 0.25) is 0 Å². The zero-order valence-electron chi connectivity index (χ0n) is 8.58. The Labute approximate surface area is 80.9 Å². The van der Waals surface area contributed by atoms with Crippen LogP contribution in [0.3, 0.4) is 0 Å². The molecule has 3 rings (SSSR count). The minimum Gasteiger partial charge on any atom is -0.306 e. The number of piperidine rings is 2. The van der Waals surface area contributed by atoms with E-state index in [2.05, 4.69) is 16.8 Å². The van der Waals surface area contributed by atoms with Crippen LogP contribution in [0.25, 0.3) is 0 Å². The summed E-state index contributed by atoms with van der Waals surface area (Å²) in [5.74, 6) is 1.98. The summed E-state index contributed by atoms with van der Waals surface area (Å²) >= 11 is 0. The molecule has 0 saturated carbocycles. The standard InChI is InChI=1S/C11H20N2/c1-12-6-9-5-10(8-12)11-3-2-4-13(11)7-9/h9-11H,2-8H2,1H3/t9-,10+,11-/m0/s1. The van der Waals surface area contributed by atoms with Crippen LogP contribution in [0.15, 0.2) is 0 Å². The Kier molecular flexibility index (Phi) is 1.88. The smallest absolute Gasteiger partial charge is 0.0136 e. The monoisotopic (exact) mass is 180 g/mol. The van der Waals surface area contributed by atoms with Crippen LogP contribution >= 0.6 is 0 Å². The molecule has 3 atom stereocenters. The highest BCUT2D eigenvalue weighted by Crippen LogP contribution is 2.37. The van der Waals surface area contributed by atoms with Crippen LogP contribution in [0, 0.1) is 11.8 Å². The molecule has 74 valence electrons. The van der Waals surface area contributed by atoms with Gasteiger partial charge in [0.1, 0.15) is 0 Å². The predicted octanol–water partition coefficient (Wildman–Crippen LogP) is 1.03. The van der Waals surface area contributed by atoms with E-state index in [9.17, 15) is 0 Å². The van der Waals surface area contributed by atoms with Crippen molar-refractivity contribution in [3.05, 3.63) is 0 Å². The first-order valence-electron chi connectivity index (χ1n) is 5.75. The van der Waals surface area contributed by atoms with Crippen molar-refractivity contribution in [2.75, 3.05) is 33.2 Å². The second kappa shape index (κ2) is 2.96. The van der Waals surface area contributed by atoms with Gasteiger partial charge in [-0.2, -0.15) is 0 Å². The van der Waals surface area contributed by atoms with Crippen LogP contribution in [0.4, 0.5) is 0 Å². The molecule has 0 aromatic rings. The third-order valence-corrected chi connectivity index (χ3v) is 4.20. The maximum absolute atomic E-state index is 2.77. The van der Waals surface area contributed by atoms with Crippen molar-refractivity contribution in [3.63, 3.8) is 0 Å². The first-order chi connectivity index (χ1) is 6.33. The molecule has 0 aromatic heterocycles. The van der Waals surface area contributed by atoms with Crippen molar-refractivity contribution in [1.29, 1.82) is 0 Å². The fraction of sp³-hybridized carbons (Fsp3) is 1.00. The van der Waals surface area contributed by atoms with Gasteiger partial charge in [-0.3, -0.25) is 4.90 Å². The first kappa shape index (κ1) is 8.25. The van der Waals surface area contributed by atoms with E-state index in [0.29, 0.717) is 0 Å². The summed E-state index contributed by atoms with van der Waals surface area (Å²) < 4.78 is 0. The molecule has 2 bridgehead atoms. The quantitative estimate of drug-likeness (QED) is 0.549. The molecule has 2 nitrogen and oxygen atoms in total. The van der Waals surface area contributed by atoms with Crippen molar-refractivity contribution < 1.29 is 0 Å². The first-order valence-corrected chi connectivity index (χ1v) is 5.75. The predicted molar refractivity (Wildman–Crippen MR) is 53.7 cm³/mol. The minimum absolute atomic E-state index is 0.957. The van der Waals surface area contributed by atoms with E-state index in [1.54, 1.807) is 0 Å². The van der Waals surface area contributed by atoms with Gasteiger partial charge in [0.05, 0.1) is 0 Å². The third-order valence-electron chi connectivity index (χ3n) is 4.20. The summed E-state index contributed by atoms with van der Waals surface area (Å²) in [7, 11) is 2.30. The molecule has 3 aliphatic heterocycles. The number of hydrogen-bond donors (Lipinski definition) is 0. The van der Waals surface area contributed by atoms with Crippen molar-refractivity contribution in [3.8, 4) is 0 Å². The number of fused-ring (bicyclic) bond motifs is 4. The van der Waals surface area contributed by atoms with Gasteiger partial charge < -0.3 is 4.90 Å². The van der Waals surface area contributed by atoms with E-state index in [4.69, 9.17) is 0 Å². The summed E-state index contributed by atoms with van der Waals surface area (Å²) in [6, 6.07) is 0.957. The van der Waals surface area contributed by atoms with Crippen molar-refractivity contribution in [2.24, 2.45) is 11.8 Å². The SMILES string of the molecule is CN1C[C@@H]2C[C@H](C1)[C@@H]1CCCN1C2. The van der Waals surface area contributed by atoms with Crippen LogP contribution < -0.4 is 0 Å². The summed E-state index contributed by atoms with van der Waals surface area (Å²) in [6.45, 7) is 5.49. The molecular formula is C11H20N2. The van der Waals surface area contributed by atoms with Gasteiger partial charge in [0.15, 0.2) is 0 Å². The Morgan fingerprint density at radius 1 is 1.15 bits per heavy atom. The van der Waals surface area contributed by atoms with Crippen molar-refractivity contribution >= 4 is 0 Å². The molecule has 0 amide bonds. The highest BCUT2D eigenvalue weighted by atomic mass is 15.2. The van der Waals surface area contributed by atoms with Crippen molar-refractivity contribution in [1.82, 2.24) is 9.80 Å². The minimum atomic E-state index is 0.957.